The summed E-state index contributed by atoms with van der Waals surface area (Å²) in [5.74, 6) is 5.24. The molecule has 12 fully saturated rings. The van der Waals surface area contributed by atoms with E-state index in [1.54, 1.807) is 0 Å². The Balaban J connectivity index is 0.000000353. The lowest BCUT2D eigenvalue weighted by Gasteiger charge is -2.32. The lowest BCUT2D eigenvalue weighted by molar-refractivity contribution is -0.152. The van der Waals surface area contributed by atoms with E-state index in [9.17, 15) is 57.5 Å². The molecule has 12 aliphatic rings. The van der Waals surface area contributed by atoms with Crippen molar-refractivity contribution in [2.75, 3.05) is 52.9 Å². The molecule has 0 amide bonds. The van der Waals surface area contributed by atoms with Crippen LogP contribution in [-0.2, 0) is 114 Å². The Labute approximate surface area is 749 Å². The largest absolute Gasteiger partial charge is 0.466 e. The zero-order valence-electron chi connectivity index (χ0n) is 80.2. The maximum absolute atomic E-state index is 11.0. The topological polar surface area (TPSA) is 316 Å². The Bertz CT molecular complexity index is 3500. The van der Waals surface area contributed by atoms with E-state index in [4.69, 9.17) is 56.8 Å². The maximum atomic E-state index is 11.0. The smallest absolute Gasteiger partial charge is 0.306 e. The molecule has 0 spiro atoms. The van der Waals surface area contributed by atoms with Crippen LogP contribution in [0.2, 0.25) is 0 Å². The summed E-state index contributed by atoms with van der Waals surface area (Å²) in [7, 11) is 0. The quantitative estimate of drug-likeness (QED) is 0.175. The fraction of sp³-hybridized carbons (Fsp3) is 0.762. The van der Waals surface area contributed by atoms with E-state index in [2.05, 4.69) is 130 Å². The van der Waals surface area contributed by atoms with Gasteiger partial charge in [0.15, 0.2) is 0 Å². The predicted molar refractivity (Wildman–Crippen MR) is 480 cm³/mol. The molecule has 12 unspecified atom stereocenters. The Morgan fingerprint density at radius 1 is 0.296 bits per heavy atom. The number of esters is 12. The SMILES string of the molecule is CC(C)(C)C1CCOC(=O)CC1.CC(C)(C)C1COC(=O)C1.CC(C)C1CCOC(=O)CC1.CC(C)C1COC(=O)C1.CC1CCC(=O)O1.CC1CCCC(=O)O1.CC1CCCCC(=O)O1.CC1CCOC(=O)CC1.CCC(C)(C)C1CCOC(=O)CC1.CCC(C)(C)C1COC(=O)C1.O=C1CCC(c2ccccc2)CCO1.O=C1CCC(c2ccccc2)O1. The first-order valence-corrected chi connectivity index (χ1v) is 47.0. The first-order valence-electron chi connectivity index (χ1n) is 47.0. The summed E-state index contributed by atoms with van der Waals surface area (Å²) in [5, 5.41) is 0. The third kappa shape index (κ3) is 49.3. The van der Waals surface area contributed by atoms with Crippen LogP contribution in [0, 0.1) is 74.9 Å². The molecule has 0 aromatic heterocycles. The Morgan fingerprint density at radius 3 is 1.09 bits per heavy atom. The Hall–Kier alpha value is -7.92. The van der Waals surface area contributed by atoms with Gasteiger partial charge < -0.3 is 56.8 Å². The number of carbonyl (C=O) groups excluding carboxylic acids is 12. The van der Waals surface area contributed by atoms with Crippen LogP contribution < -0.4 is 0 Å². The first kappa shape index (κ1) is 111. The van der Waals surface area contributed by atoms with Gasteiger partial charge in [0.2, 0.25) is 0 Å². The van der Waals surface area contributed by atoms with Gasteiger partial charge in [-0.1, -0.05) is 191 Å². The molecule has 12 atom stereocenters. The zero-order valence-corrected chi connectivity index (χ0v) is 80.2. The molecule has 710 valence electrons. The van der Waals surface area contributed by atoms with E-state index in [0.29, 0.717) is 200 Å². The number of hydrogen-bond acceptors (Lipinski definition) is 24. The molecule has 14 rings (SSSR count). The second-order valence-electron chi connectivity index (χ2n) is 39.3. The molecule has 24 nitrogen and oxygen atoms in total. The van der Waals surface area contributed by atoms with Gasteiger partial charge in [0.05, 0.1) is 90.4 Å². The number of ether oxygens (including phenoxy) is 12. The molecule has 12 aliphatic heterocycles. The van der Waals surface area contributed by atoms with Crippen molar-refractivity contribution in [3.05, 3.63) is 71.8 Å². The second kappa shape index (κ2) is 59.2. The van der Waals surface area contributed by atoms with Crippen LogP contribution in [0.5, 0.6) is 0 Å². The van der Waals surface area contributed by atoms with Gasteiger partial charge in [0.1, 0.15) is 6.10 Å². The first-order chi connectivity index (χ1) is 58.9. The number of carbonyl (C=O) groups is 12. The van der Waals surface area contributed by atoms with Crippen LogP contribution in [0.25, 0.3) is 0 Å². The van der Waals surface area contributed by atoms with Crippen molar-refractivity contribution < 1.29 is 114 Å². The van der Waals surface area contributed by atoms with Gasteiger partial charge in [-0.2, -0.15) is 0 Å². The van der Waals surface area contributed by atoms with E-state index < -0.39 is 0 Å². The van der Waals surface area contributed by atoms with Crippen molar-refractivity contribution in [2.45, 2.75) is 368 Å². The Kier molecular flexibility index (Phi) is 52.7. The van der Waals surface area contributed by atoms with E-state index in [1.165, 1.54) is 12.0 Å². The average Bonchev–Trinajstić information content (AvgIpc) is 1.71. The van der Waals surface area contributed by atoms with Crippen LogP contribution >= 0.6 is 0 Å². The zero-order chi connectivity index (χ0) is 93.3. The summed E-state index contributed by atoms with van der Waals surface area (Å²) in [6, 6.07) is 20.2. The summed E-state index contributed by atoms with van der Waals surface area (Å²) in [6.07, 6.45) is 26.9. The molecule has 2 aromatic carbocycles. The van der Waals surface area contributed by atoms with Gasteiger partial charge >= 0.3 is 71.6 Å². The molecule has 12 heterocycles. The maximum Gasteiger partial charge on any atom is 0.306 e. The summed E-state index contributed by atoms with van der Waals surface area (Å²) in [5.41, 5.74) is 3.56. The van der Waals surface area contributed by atoms with Crippen LogP contribution in [-0.4, -0.2) is 143 Å². The van der Waals surface area contributed by atoms with Crippen molar-refractivity contribution in [1.82, 2.24) is 0 Å². The molecule has 2 aromatic rings. The summed E-state index contributed by atoms with van der Waals surface area (Å²) < 4.78 is 59.0. The van der Waals surface area contributed by atoms with Crippen LogP contribution in [0.3, 0.4) is 0 Å². The minimum atomic E-state index is -0.0798. The number of hydrogen-bond donors (Lipinski definition) is 0. The van der Waals surface area contributed by atoms with Gasteiger partial charge in [0.25, 0.3) is 0 Å². The minimum Gasteiger partial charge on any atom is -0.466 e. The van der Waals surface area contributed by atoms with E-state index in [1.807, 2.05) is 69.3 Å². The summed E-state index contributed by atoms with van der Waals surface area (Å²) in [6.45, 7) is 47.9. The van der Waals surface area contributed by atoms with Gasteiger partial charge in [-0.3, -0.25) is 57.5 Å². The molecular formula is C101H162O24. The number of benzene rings is 2. The van der Waals surface area contributed by atoms with Crippen LogP contribution in [0.1, 0.15) is 361 Å². The monoisotopic (exact) mass is 1760 g/mol. The minimum absolute atomic E-state index is 0.00120. The van der Waals surface area contributed by atoms with Crippen molar-refractivity contribution in [2.24, 2.45) is 74.9 Å². The fourth-order valence-electron chi connectivity index (χ4n) is 15.3. The lowest BCUT2D eigenvalue weighted by atomic mass is 9.73. The highest BCUT2D eigenvalue weighted by molar-refractivity contribution is 5.75. The Morgan fingerprint density at radius 2 is 0.672 bits per heavy atom. The van der Waals surface area contributed by atoms with E-state index >= 15 is 0 Å². The van der Waals surface area contributed by atoms with E-state index in [-0.39, 0.29) is 107 Å². The van der Waals surface area contributed by atoms with Crippen LogP contribution in [0.15, 0.2) is 60.7 Å². The van der Waals surface area contributed by atoms with Crippen molar-refractivity contribution in [3.63, 3.8) is 0 Å². The highest BCUT2D eigenvalue weighted by atomic mass is 16.6. The van der Waals surface area contributed by atoms with Gasteiger partial charge in [-0.15, -0.1) is 0 Å². The van der Waals surface area contributed by atoms with Crippen LogP contribution in [0.4, 0.5) is 0 Å². The van der Waals surface area contributed by atoms with Gasteiger partial charge in [0, 0.05) is 75.5 Å². The van der Waals surface area contributed by atoms with Gasteiger partial charge in [-0.25, -0.2) is 0 Å². The number of cyclic esters (lactones) is 12. The second-order valence-corrected chi connectivity index (χ2v) is 39.3. The highest BCUT2D eigenvalue weighted by Gasteiger charge is 2.37. The lowest BCUT2D eigenvalue weighted by Crippen LogP contribution is -2.23. The summed E-state index contributed by atoms with van der Waals surface area (Å²) >= 11 is 0. The molecule has 24 heteroatoms. The predicted octanol–water partition coefficient (Wildman–Crippen LogP) is 21.1. The normalized spacial score (nSPS) is 26.2. The van der Waals surface area contributed by atoms with Crippen molar-refractivity contribution in [1.29, 1.82) is 0 Å². The molecule has 125 heavy (non-hydrogen) atoms. The highest BCUT2D eigenvalue weighted by Crippen LogP contribution is 2.40. The molecular weight excluding hydrogens is 1600 g/mol. The number of rotatable bonds is 8. The molecule has 0 bridgehead atoms. The van der Waals surface area contributed by atoms with Crippen molar-refractivity contribution >= 4 is 71.6 Å². The molecule has 0 saturated carbocycles. The average molecular weight is 1760 g/mol. The third-order valence-electron chi connectivity index (χ3n) is 25.7. The molecule has 12 saturated heterocycles. The van der Waals surface area contributed by atoms with Crippen molar-refractivity contribution in [3.8, 4) is 0 Å². The third-order valence-corrected chi connectivity index (χ3v) is 25.7. The van der Waals surface area contributed by atoms with Gasteiger partial charge in [-0.05, 0) is 204 Å². The molecule has 0 radical (unpaired) electrons. The fourth-order valence-corrected chi connectivity index (χ4v) is 15.3. The molecule has 0 aliphatic carbocycles. The standard InChI is InChI=1S/C12H14O2.C11H20O2.C10H10O2.C10H18O2.2C9H16O2.C8H14O2.3C7H12O2.C6H10O2.C5H8O2/c13-12-7-6-11(8-9-14-12)10-4-2-1-3-5-10;1-4-11(2,3)9-5-6-10(12)13-8-7-9;11-10-7-6-9(12-10)8-4-2-1-3-5-8;1-10(2,3)8-4-5-9(11)12-7-6-8;1-7(2)8-3-4-9(10)11-6-5-8;1-4-9(2,3)7-5-8(10)11-6-7;1-8(2,3)6-4-7(9)10-5-6;1-5(2)6-3-7(8)9-4-6;1-6-2-3-7(8)9-5-4-6;1-6-4-2-3-5-7(8)9-6;1-5-3-2-4-6(7)8-5;1-4-2-3-5(6)7-4/h1-5,11H,6-9H2;9H,4-8H2,1-3H3;1-5,9H,6-7H2;8H,4-7H2,1-3H3;7-8H,3-6H2,1-2H3;7H,4-6H2,1-3H3;6H,4-5H2,1-3H3;5-6H,3-4H2,1-2H3;2*6H,2-5H2,1H3;5H,2-4H2,1H3;4H,2-3H2,1H3. The summed E-state index contributed by atoms with van der Waals surface area (Å²) in [4.78, 5) is 129. The molecule has 0 N–H and O–H groups in total. The van der Waals surface area contributed by atoms with E-state index in [0.717, 1.165) is 121 Å².